The van der Waals surface area contributed by atoms with Crippen molar-refractivity contribution in [3.05, 3.63) is 11.6 Å². The van der Waals surface area contributed by atoms with Crippen LogP contribution in [0.3, 0.4) is 0 Å². The lowest BCUT2D eigenvalue weighted by Gasteiger charge is -2.61. The van der Waals surface area contributed by atoms with Crippen molar-refractivity contribution in [3.8, 4) is 0 Å². The number of hydrogen-bond donors (Lipinski definition) is 0. The summed E-state index contributed by atoms with van der Waals surface area (Å²) in [6.45, 7) is 7.39. The molecular formula is C24H34O2. The van der Waals surface area contributed by atoms with Crippen LogP contribution in [0.5, 0.6) is 0 Å². The van der Waals surface area contributed by atoms with E-state index < -0.39 is 0 Å². The standard InChI is InChI=1S/C24H34O2/c1-15-13-16-14-17(25)6-10-22(16,2)18-7-11-23(3)19(21(15)18)8-12-24(23)9-4-5-20(24)26/h14-15,18-19,21H,4-13H2,1-3H3/t15?,18-,19?,21?,22?,23+,24?/m0/s1. The second-order valence-corrected chi connectivity index (χ2v) is 10.9. The van der Waals surface area contributed by atoms with Gasteiger partial charge < -0.3 is 0 Å². The molecule has 5 unspecified atom stereocenters. The molecule has 5 aliphatic rings. The molecule has 0 aromatic heterocycles. The first-order chi connectivity index (χ1) is 12.3. The van der Waals surface area contributed by atoms with E-state index >= 15 is 0 Å². The Hall–Kier alpha value is -0.920. The molecule has 26 heavy (non-hydrogen) atoms. The van der Waals surface area contributed by atoms with Crippen molar-refractivity contribution in [2.75, 3.05) is 0 Å². The first kappa shape index (κ1) is 17.2. The summed E-state index contributed by atoms with van der Waals surface area (Å²) in [6, 6.07) is 0. The fraction of sp³-hybridized carbons (Fsp3) is 0.833. The van der Waals surface area contributed by atoms with Crippen molar-refractivity contribution in [3.63, 3.8) is 0 Å². The molecule has 1 spiro atoms. The zero-order valence-corrected chi connectivity index (χ0v) is 16.8. The van der Waals surface area contributed by atoms with Gasteiger partial charge in [-0.3, -0.25) is 9.59 Å². The van der Waals surface area contributed by atoms with E-state index in [1.54, 1.807) is 0 Å². The van der Waals surface area contributed by atoms with Gasteiger partial charge in [0.2, 0.25) is 0 Å². The molecule has 0 bridgehead atoms. The molecule has 142 valence electrons. The molecule has 4 fully saturated rings. The van der Waals surface area contributed by atoms with Gasteiger partial charge in [-0.15, -0.1) is 0 Å². The first-order valence-electron chi connectivity index (χ1n) is 11.1. The molecule has 7 atom stereocenters. The normalized spacial score (nSPS) is 53.3. The van der Waals surface area contributed by atoms with Gasteiger partial charge in [0.25, 0.3) is 0 Å². The van der Waals surface area contributed by atoms with Crippen LogP contribution in [0.1, 0.15) is 85.0 Å². The van der Waals surface area contributed by atoms with Gasteiger partial charge in [0.15, 0.2) is 5.78 Å². The summed E-state index contributed by atoms with van der Waals surface area (Å²) in [5, 5.41) is 0. The molecule has 2 nitrogen and oxygen atoms in total. The average molecular weight is 355 g/mol. The van der Waals surface area contributed by atoms with Crippen LogP contribution in [0.15, 0.2) is 11.6 Å². The van der Waals surface area contributed by atoms with Crippen molar-refractivity contribution in [2.24, 2.45) is 39.9 Å². The zero-order chi connectivity index (χ0) is 18.3. The van der Waals surface area contributed by atoms with Crippen molar-refractivity contribution < 1.29 is 9.59 Å². The zero-order valence-electron chi connectivity index (χ0n) is 16.8. The smallest absolute Gasteiger partial charge is 0.155 e. The van der Waals surface area contributed by atoms with Gasteiger partial charge in [-0.25, -0.2) is 0 Å². The second kappa shape index (κ2) is 5.32. The number of ketones is 2. The molecule has 0 heterocycles. The van der Waals surface area contributed by atoms with E-state index in [1.807, 2.05) is 6.08 Å². The van der Waals surface area contributed by atoms with E-state index in [-0.39, 0.29) is 16.2 Å². The summed E-state index contributed by atoms with van der Waals surface area (Å²) >= 11 is 0. The lowest BCUT2D eigenvalue weighted by Crippen LogP contribution is -2.55. The van der Waals surface area contributed by atoms with Gasteiger partial charge in [-0.05, 0) is 91.9 Å². The maximum atomic E-state index is 13.0. The minimum atomic E-state index is 0.0158. The average Bonchev–Trinajstić information content (AvgIpc) is 3.12. The fourth-order valence-corrected chi connectivity index (χ4v) is 8.84. The van der Waals surface area contributed by atoms with Gasteiger partial charge >= 0.3 is 0 Å². The predicted molar refractivity (Wildman–Crippen MR) is 103 cm³/mol. The predicted octanol–water partition coefficient (Wildman–Crippen LogP) is 5.50. The number of Topliss-reactive ketones (excluding diaryl/α,β-unsaturated/α-hetero) is 1. The van der Waals surface area contributed by atoms with E-state index in [2.05, 4.69) is 20.8 Å². The van der Waals surface area contributed by atoms with E-state index in [4.69, 9.17) is 0 Å². The van der Waals surface area contributed by atoms with E-state index in [1.165, 1.54) is 24.8 Å². The number of rotatable bonds is 0. The van der Waals surface area contributed by atoms with Crippen LogP contribution in [-0.4, -0.2) is 11.6 Å². The van der Waals surface area contributed by atoms with Gasteiger partial charge in [-0.1, -0.05) is 26.3 Å². The highest BCUT2D eigenvalue weighted by molar-refractivity contribution is 5.91. The highest BCUT2D eigenvalue weighted by Gasteiger charge is 2.67. The highest BCUT2D eigenvalue weighted by atomic mass is 16.1. The first-order valence-corrected chi connectivity index (χ1v) is 11.1. The molecule has 0 aromatic carbocycles. The number of carbonyl (C=O) groups excluding carboxylic acids is 2. The Morgan fingerprint density at radius 2 is 1.73 bits per heavy atom. The van der Waals surface area contributed by atoms with Crippen molar-refractivity contribution >= 4 is 11.6 Å². The topological polar surface area (TPSA) is 34.1 Å². The minimum Gasteiger partial charge on any atom is -0.299 e. The largest absolute Gasteiger partial charge is 0.299 e. The van der Waals surface area contributed by atoms with Crippen LogP contribution in [0.25, 0.3) is 0 Å². The van der Waals surface area contributed by atoms with E-state index in [9.17, 15) is 9.59 Å². The van der Waals surface area contributed by atoms with Crippen LogP contribution in [0.4, 0.5) is 0 Å². The molecule has 0 saturated heterocycles. The van der Waals surface area contributed by atoms with Crippen LogP contribution >= 0.6 is 0 Å². The summed E-state index contributed by atoms with van der Waals surface area (Å²) in [7, 11) is 0. The highest BCUT2D eigenvalue weighted by Crippen LogP contribution is 2.72. The number of carbonyl (C=O) groups is 2. The maximum Gasteiger partial charge on any atom is 0.155 e. The molecule has 0 aliphatic heterocycles. The Kier molecular flexibility index (Phi) is 3.52. The van der Waals surface area contributed by atoms with Crippen molar-refractivity contribution in [2.45, 2.75) is 85.0 Å². The third-order valence-corrected chi connectivity index (χ3v) is 10.2. The maximum absolute atomic E-state index is 13.0. The number of allylic oxidation sites excluding steroid dienone is 1. The van der Waals surface area contributed by atoms with Gasteiger partial charge in [0.1, 0.15) is 5.78 Å². The number of fused-ring (bicyclic) bond motifs is 6. The molecule has 4 saturated carbocycles. The molecular weight excluding hydrogens is 320 g/mol. The van der Waals surface area contributed by atoms with Gasteiger partial charge in [-0.2, -0.15) is 0 Å². The van der Waals surface area contributed by atoms with Crippen LogP contribution in [-0.2, 0) is 9.59 Å². The molecule has 2 heteroatoms. The monoisotopic (exact) mass is 354 g/mol. The molecule has 0 aromatic rings. The molecule has 5 aliphatic carbocycles. The minimum absolute atomic E-state index is 0.0158. The second-order valence-electron chi connectivity index (χ2n) is 10.9. The summed E-state index contributed by atoms with van der Waals surface area (Å²) in [5.74, 6) is 3.78. The summed E-state index contributed by atoms with van der Waals surface area (Å²) in [5.41, 5.74) is 1.94. The molecule has 0 N–H and O–H groups in total. The third-order valence-electron chi connectivity index (χ3n) is 10.2. The van der Waals surface area contributed by atoms with Crippen molar-refractivity contribution in [1.29, 1.82) is 0 Å². The quantitative estimate of drug-likeness (QED) is 0.575. The SMILES string of the molecule is CC1CC2=CC(=O)CCC2(C)[C@H]2CC[C@]3(C)C(CCC34CCCC4=O)C12. The lowest BCUT2D eigenvalue weighted by molar-refractivity contribution is -0.141. The molecule has 0 amide bonds. The number of hydrogen-bond acceptors (Lipinski definition) is 2. The van der Waals surface area contributed by atoms with Crippen LogP contribution in [0.2, 0.25) is 0 Å². The van der Waals surface area contributed by atoms with E-state index in [0.717, 1.165) is 56.8 Å². The van der Waals surface area contributed by atoms with Crippen LogP contribution < -0.4 is 0 Å². The molecule has 5 rings (SSSR count). The third kappa shape index (κ3) is 1.89. The lowest BCUT2D eigenvalue weighted by atomic mass is 9.43. The van der Waals surface area contributed by atoms with Gasteiger partial charge in [0, 0.05) is 18.3 Å². The van der Waals surface area contributed by atoms with Crippen molar-refractivity contribution in [1.82, 2.24) is 0 Å². The summed E-state index contributed by atoms with van der Waals surface area (Å²) in [4.78, 5) is 25.0. The summed E-state index contributed by atoms with van der Waals surface area (Å²) in [6.07, 6.45) is 12.9. The van der Waals surface area contributed by atoms with E-state index in [0.29, 0.717) is 23.4 Å². The summed E-state index contributed by atoms with van der Waals surface area (Å²) < 4.78 is 0. The Bertz CT molecular complexity index is 705. The molecule has 0 radical (unpaired) electrons. The Balaban J connectivity index is 1.55. The van der Waals surface area contributed by atoms with Gasteiger partial charge in [0.05, 0.1) is 0 Å². The Morgan fingerprint density at radius 3 is 2.46 bits per heavy atom. The fourth-order valence-electron chi connectivity index (χ4n) is 8.84. The Morgan fingerprint density at radius 1 is 0.962 bits per heavy atom. The Labute approximate surface area is 158 Å². The van der Waals surface area contributed by atoms with Crippen LogP contribution in [0, 0.1) is 39.9 Å².